The zero-order valence-electron chi connectivity index (χ0n) is 21.4. The van der Waals surface area contributed by atoms with Crippen LogP contribution in [0, 0.1) is 5.82 Å². The highest BCUT2D eigenvalue weighted by Gasteiger charge is 2.31. The molecule has 13 heteroatoms. The number of halogens is 2. The molecule has 4 rings (SSSR count). The van der Waals surface area contributed by atoms with Gasteiger partial charge in [-0.25, -0.2) is 24.3 Å². The topological polar surface area (TPSA) is 123 Å². The van der Waals surface area contributed by atoms with E-state index in [4.69, 9.17) is 26.1 Å². The summed E-state index contributed by atoms with van der Waals surface area (Å²) >= 11 is 5.92. The van der Waals surface area contributed by atoms with Crippen molar-refractivity contribution in [2.24, 2.45) is 0 Å². The second-order valence-corrected chi connectivity index (χ2v) is 9.42. The van der Waals surface area contributed by atoms with Crippen molar-refractivity contribution in [2.75, 3.05) is 44.6 Å². The van der Waals surface area contributed by atoms with E-state index in [0.29, 0.717) is 28.5 Å². The van der Waals surface area contributed by atoms with Gasteiger partial charge in [0.15, 0.2) is 5.82 Å². The van der Waals surface area contributed by atoms with E-state index in [2.05, 4.69) is 20.3 Å². The lowest BCUT2D eigenvalue weighted by Crippen LogP contribution is -2.47. The number of fused-ring (bicyclic) bond motifs is 1. The molecule has 0 radical (unpaired) electrons. The van der Waals surface area contributed by atoms with Gasteiger partial charge >= 0.3 is 11.9 Å². The average Bonchev–Trinajstić information content (AvgIpc) is 2.94. The summed E-state index contributed by atoms with van der Waals surface area (Å²) in [6.07, 6.45) is 6.21. The highest BCUT2D eigenvalue weighted by Crippen LogP contribution is 2.30. The Balaban J connectivity index is 1.48. The van der Waals surface area contributed by atoms with Gasteiger partial charge in [0.1, 0.15) is 23.2 Å². The van der Waals surface area contributed by atoms with Crippen molar-refractivity contribution in [3.05, 3.63) is 41.6 Å². The van der Waals surface area contributed by atoms with Crippen LogP contribution in [0.2, 0.25) is 5.02 Å². The number of anilines is 3. The van der Waals surface area contributed by atoms with E-state index in [-0.39, 0.29) is 30.2 Å². The highest BCUT2D eigenvalue weighted by molar-refractivity contribution is 6.31. The Morgan fingerprint density at radius 1 is 1.05 bits per heavy atom. The number of carbonyl (C=O) groups is 2. The molecule has 0 unspecified atom stereocenters. The van der Waals surface area contributed by atoms with Crippen molar-refractivity contribution in [1.29, 1.82) is 0 Å². The van der Waals surface area contributed by atoms with E-state index in [1.165, 1.54) is 32.7 Å². The molecule has 0 amide bonds. The minimum absolute atomic E-state index is 0.00393. The van der Waals surface area contributed by atoms with Crippen LogP contribution in [0.15, 0.2) is 30.7 Å². The summed E-state index contributed by atoms with van der Waals surface area (Å²) < 4.78 is 23.2. The van der Waals surface area contributed by atoms with Crippen molar-refractivity contribution in [1.82, 2.24) is 24.8 Å². The Hall–Kier alpha value is -3.64. The van der Waals surface area contributed by atoms with Crippen LogP contribution in [0.5, 0.6) is 0 Å². The molecule has 38 heavy (non-hydrogen) atoms. The zero-order chi connectivity index (χ0) is 27.2. The first-order chi connectivity index (χ1) is 18.3. The van der Waals surface area contributed by atoms with E-state index < -0.39 is 17.8 Å². The van der Waals surface area contributed by atoms with Crippen LogP contribution in [0.25, 0.3) is 11.0 Å². The first kappa shape index (κ1) is 27.4. The molecule has 0 aliphatic heterocycles. The van der Waals surface area contributed by atoms with Crippen LogP contribution in [-0.4, -0.2) is 83.2 Å². The van der Waals surface area contributed by atoms with E-state index in [1.807, 2.05) is 16.8 Å². The number of hydrogen-bond donors (Lipinski definition) is 1. The van der Waals surface area contributed by atoms with Gasteiger partial charge in [-0.15, -0.1) is 0 Å². The molecule has 1 fully saturated rings. The Labute approximate surface area is 224 Å². The highest BCUT2D eigenvalue weighted by atomic mass is 35.5. The first-order valence-electron chi connectivity index (χ1n) is 12.1. The molecule has 0 saturated heterocycles. The molecule has 1 aromatic carbocycles. The number of nitrogens with zero attached hydrogens (tertiary/aromatic N) is 6. The lowest BCUT2D eigenvalue weighted by Gasteiger charge is -2.38. The van der Waals surface area contributed by atoms with Crippen LogP contribution in [0.1, 0.15) is 25.7 Å². The zero-order valence-corrected chi connectivity index (χ0v) is 22.1. The van der Waals surface area contributed by atoms with Gasteiger partial charge < -0.3 is 19.7 Å². The molecular weight excluding hydrogens is 517 g/mol. The quantitative estimate of drug-likeness (QED) is 0.398. The number of hydrogen-bond acceptors (Lipinski definition) is 11. The van der Waals surface area contributed by atoms with Crippen LogP contribution >= 0.6 is 11.6 Å². The Bertz CT molecular complexity index is 1290. The molecule has 1 saturated carbocycles. The molecule has 1 aliphatic rings. The third-order valence-corrected chi connectivity index (χ3v) is 7.00. The third-order valence-electron chi connectivity index (χ3n) is 6.71. The maximum Gasteiger partial charge on any atom is 0.319 e. The lowest BCUT2D eigenvalue weighted by molar-refractivity contribution is -0.147. The number of benzene rings is 1. The number of esters is 2. The first-order valence-corrected chi connectivity index (χ1v) is 12.5. The standard InChI is InChI=1S/C25H29ClFN7O4/c1-33(16-5-7-17(8-6-16)34(12-21(35)37-2)13-22(36)38-3)25-28-11-20-23(32-25)24(30-14-29-20)31-15-4-9-19(27)18(26)10-15/h4,9-11,14,16-17H,5-8,12-13H2,1-3H3,(H,29,30,31). The van der Waals surface area contributed by atoms with Crippen molar-refractivity contribution >= 4 is 52.0 Å². The summed E-state index contributed by atoms with van der Waals surface area (Å²) in [6, 6.07) is 4.50. The van der Waals surface area contributed by atoms with Gasteiger partial charge in [0.25, 0.3) is 0 Å². The van der Waals surface area contributed by atoms with Crippen molar-refractivity contribution in [2.45, 2.75) is 37.8 Å². The van der Waals surface area contributed by atoms with Crippen LogP contribution < -0.4 is 10.2 Å². The second-order valence-electron chi connectivity index (χ2n) is 9.01. The van der Waals surface area contributed by atoms with Gasteiger partial charge in [-0.2, -0.15) is 0 Å². The molecule has 0 bridgehead atoms. The molecule has 11 nitrogen and oxygen atoms in total. The average molecular weight is 546 g/mol. The summed E-state index contributed by atoms with van der Waals surface area (Å²) in [4.78, 5) is 45.4. The summed E-state index contributed by atoms with van der Waals surface area (Å²) in [7, 11) is 4.59. The smallest absolute Gasteiger partial charge is 0.319 e. The molecule has 2 aromatic heterocycles. The van der Waals surface area contributed by atoms with E-state index >= 15 is 0 Å². The monoisotopic (exact) mass is 545 g/mol. The molecule has 1 aliphatic carbocycles. The van der Waals surface area contributed by atoms with E-state index in [1.54, 1.807) is 12.3 Å². The van der Waals surface area contributed by atoms with Gasteiger partial charge in [-0.3, -0.25) is 14.5 Å². The summed E-state index contributed by atoms with van der Waals surface area (Å²) in [6.45, 7) is 0.0548. The van der Waals surface area contributed by atoms with E-state index in [0.717, 1.165) is 25.7 Å². The van der Waals surface area contributed by atoms with Gasteiger partial charge in [0.05, 0.1) is 38.5 Å². The fourth-order valence-corrected chi connectivity index (χ4v) is 4.75. The number of ether oxygens (including phenoxy) is 2. The Kier molecular flexibility index (Phi) is 8.85. The number of nitrogens with one attached hydrogen (secondary N) is 1. The van der Waals surface area contributed by atoms with E-state index in [9.17, 15) is 14.0 Å². The number of aromatic nitrogens is 4. The number of rotatable bonds is 9. The van der Waals surface area contributed by atoms with Gasteiger partial charge in [-0.1, -0.05) is 11.6 Å². The van der Waals surface area contributed by atoms with Gasteiger partial charge in [0, 0.05) is 24.8 Å². The summed E-state index contributed by atoms with van der Waals surface area (Å²) in [5, 5.41) is 3.12. The molecular formula is C25H29ClFN7O4. The largest absolute Gasteiger partial charge is 0.468 e. The normalized spacial score (nSPS) is 17.3. The number of carbonyl (C=O) groups excluding carboxylic acids is 2. The van der Waals surface area contributed by atoms with Gasteiger partial charge in [-0.05, 0) is 43.9 Å². The van der Waals surface area contributed by atoms with Crippen molar-refractivity contribution < 1.29 is 23.5 Å². The summed E-state index contributed by atoms with van der Waals surface area (Å²) in [5.74, 6) is -0.347. The fourth-order valence-electron chi connectivity index (χ4n) is 4.57. The maximum absolute atomic E-state index is 13.6. The summed E-state index contributed by atoms with van der Waals surface area (Å²) in [5.41, 5.74) is 1.63. The predicted molar refractivity (Wildman–Crippen MR) is 140 cm³/mol. The van der Waals surface area contributed by atoms with Crippen molar-refractivity contribution in [3.63, 3.8) is 0 Å². The molecule has 0 atom stereocenters. The Morgan fingerprint density at radius 2 is 1.71 bits per heavy atom. The van der Waals surface area contributed by atoms with Crippen LogP contribution in [-0.2, 0) is 19.1 Å². The van der Waals surface area contributed by atoms with Crippen molar-refractivity contribution in [3.8, 4) is 0 Å². The minimum atomic E-state index is -0.510. The molecule has 2 heterocycles. The second kappa shape index (κ2) is 12.3. The third kappa shape index (κ3) is 6.43. The van der Waals surface area contributed by atoms with Crippen LogP contribution in [0.3, 0.4) is 0 Å². The molecule has 3 aromatic rings. The predicted octanol–water partition coefficient (Wildman–Crippen LogP) is 3.35. The SMILES string of the molecule is COC(=O)CN(CC(=O)OC)C1CCC(N(C)c2ncc3ncnc(Nc4ccc(F)c(Cl)c4)c3n2)CC1. The lowest BCUT2D eigenvalue weighted by atomic mass is 9.89. The maximum atomic E-state index is 13.6. The minimum Gasteiger partial charge on any atom is -0.468 e. The molecule has 202 valence electrons. The van der Waals surface area contributed by atoms with Crippen LogP contribution in [0.4, 0.5) is 21.8 Å². The molecule has 0 spiro atoms. The Morgan fingerprint density at radius 3 is 2.34 bits per heavy atom. The fraction of sp³-hybridized carbons (Fsp3) is 0.440. The number of methoxy groups -OCH3 is 2. The molecule has 1 N–H and O–H groups in total. The van der Waals surface area contributed by atoms with Gasteiger partial charge in [0.2, 0.25) is 5.95 Å².